The van der Waals surface area contributed by atoms with Crippen LogP contribution in [0.4, 0.5) is 0 Å². The van der Waals surface area contributed by atoms with Gasteiger partial charge in [-0.2, -0.15) is 0 Å². The van der Waals surface area contributed by atoms with E-state index < -0.39 is 0 Å². The van der Waals surface area contributed by atoms with Gasteiger partial charge in [-0.3, -0.25) is 0 Å². The molecule has 13 heavy (non-hydrogen) atoms. The van der Waals surface area contributed by atoms with Crippen molar-refractivity contribution in [2.75, 3.05) is 0 Å². The summed E-state index contributed by atoms with van der Waals surface area (Å²) in [4.78, 5) is 4.27. The highest BCUT2D eigenvalue weighted by Gasteiger charge is 2.26. The molecule has 1 heterocycles. The van der Waals surface area contributed by atoms with Crippen molar-refractivity contribution in [2.45, 2.75) is 46.5 Å². The highest BCUT2D eigenvalue weighted by atomic mass is 16.4. The van der Waals surface area contributed by atoms with Crippen LogP contribution in [0, 0.1) is 12.8 Å². The third kappa shape index (κ3) is 2.58. The summed E-state index contributed by atoms with van der Waals surface area (Å²) in [6, 6.07) is 0. The summed E-state index contributed by atoms with van der Waals surface area (Å²) in [5, 5.41) is 0. The van der Waals surface area contributed by atoms with Crippen LogP contribution in [-0.4, -0.2) is 4.98 Å². The predicted molar refractivity (Wildman–Crippen MR) is 53.7 cm³/mol. The molecule has 0 aliphatic heterocycles. The molecule has 0 aliphatic carbocycles. The summed E-state index contributed by atoms with van der Waals surface area (Å²) in [6.07, 6.45) is 2.89. The van der Waals surface area contributed by atoms with Crippen LogP contribution >= 0.6 is 0 Å². The SMILES string of the molecule is Cc1cnc(C(C)(C)CC(C)C)o1. The van der Waals surface area contributed by atoms with E-state index in [-0.39, 0.29) is 5.41 Å². The second kappa shape index (κ2) is 3.52. The zero-order chi connectivity index (χ0) is 10.1. The Morgan fingerprint density at radius 2 is 2.08 bits per heavy atom. The van der Waals surface area contributed by atoms with E-state index in [1.54, 1.807) is 6.20 Å². The monoisotopic (exact) mass is 181 g/mol. The number of rotatable bonds is 3. The fourth-order valence-electron chi connectivity index (χ4n) is 1.78. The van der Waals surface area contributed by atoms with E-state index in [0.29, 0.717) is 5.92 Å². The Balaban J connectivity index is 2.80. The first-order chi connectivity index (χ1) is 5.92. The van der Waals surface area contributed by atoms with E-state index in [4.69, 9.17) is 4.42 Å². The average Bonchev–Trinajstić information content (AvgIpc) is 2.32. The van der Waals surface area contributed by atoms with E-state index in [1.165, 1.54) is 0 Å². The molecule has 0 fully saturated rings. The third-order valence-electron chi connectivity index (χ3n) is 2.12. The first kappa shape index (κ1) is 10.3. The standard InChI is InChI=1S/C11H19NO/c1-8(2)6-11(4,5)10-12-7-9(3)13-10/h7-8H,6H2,1-5H3. The lowest BCUT2D eigenvalue weighted by Crippen LogP contribution is -2.20. The Morgan fingerprint density at radius 3 is 2.46 bits per heavy atom. The van der Waals surface area contributed by atoms with Crippen LogP contribution in [0.1, 0.15) is 45.8 Å². The summed E-state index contributed by atoms with van der Waals surface area (Å²) in [5.41, 5.74) is 0.0580. The maximum Gasteiger partial charge on any atom is 0.199 e. The Morgan fingerprint density at radius 1 is 1.46 bits per heavy atom. The van der Waals surface area contributed by atoms with Crippen LogP contribution in [0.25, 0.3) is 0 Å². The summed E-state index contributed by atoms with van der Waals surface area (Å²) in [7, 11) is 0. The molecule has 0 aliphatic rings. The second-order valence-corrected chi connectivity index (χ2v) is 4.76. The minimum absolute atomic E-state index is 0.0580. The lowest BCUT2D eigenvalue weighted by molar-refractivity contribution is 0.308. The van der Waals surface area contributed by atoms with Crippen molar-refractivity contribution in [1.82, 2.24) is 4.98 Å². The summed E-state index contributed by atoms with van der Waals surface area (Å²) >= 11 is 0. The Hall–Kier alpha value is -0.790. The van der Waals surface area contributed by atoms with E-state index in [1.807, 2.05) is 6.92 Å². The van der Waals surface area contributed by atoms with Crippen LogP contribution in [-0.2, 0) is 5.41 Å². The van der Waals surface area contributed by atoms with Gasteiger partial charge in [0, 0.05) is 5.41 Å². The number of oxazole rings is 1. The van der Waals surface area contributed by atoms with Gasteiger partial charge in [-0.15, -0.1) is 0 Å². The van der Waals surface area contributed by atoms with Crippen molar-refractivity contribution in [1.29, 1.82) is 0 Å². The van der Waals surface area contributed by atoms with Crippen LogP contribution in [0.15, 0.2) is 10.6 Å². The maximum absolute atomic E-state index is 5.54. The van der Waals surface area contributed by atoms with Crippen molar-refractivity contribution >= 4 is 0 Å². The van der Waals surface area contributed by atoms with Crippen LogP contribution in [0.2, 0.25) is 0 Å². The molecular formula is C11H19NO. The van der Waals surface area contributed by atoms with Gasteiger partial charge in [0.25, 0.3) is 0 Å². The zero-order valence-corrected chi connectivity index (χ0v) is 9.22. The van der Waals surface area contributed by atoms with Crippen molar-refractivity contribution in [3.63, 3.8) is 0 Å². The third-order valence-corrected chi connectivity index (χ3v) is 2.12. The van der Waals surface area contributed by atoms with Gasteiger partial charge in [-0.1, -0.05) is 27.7 Å². The first-order valence-corrected chi connectivity index (χ1v) is 4.85. The van der Waals surface area contributed by atoms with Gasteiger partial charge in [0.15, 0.2) is 5.89 Å². The summed E-state index contributed by atoms with van der Waals surface area (Å²) in [6.45, 7) is 10.7. The number of hydrogen-bond donors (Lipinski definition) is 0. The molecule has 0 atom stereocenters. The molecule has 74 valence electrons. The van der Waals surface area contributed by atoms with Gasteiger partial charge in [-0.05, 0) is 19.3 Å². The average molecular weight is 181 g/mol. The second-order valence-electron chi connectivity index (χ2n) is 4.76. The molecule has 0 saturated carbocycles. The highest BCUT2D eigenvalue weighted by Crippen LogP contribution is 2.29. The van der Waals surface area contributed by atoms with Crippen molar-refractivity contribution in [3.8, 4) is 0 Å². The zero-order valence-electron chi connectivity index (χ0n) is 9.22. The van der Waals surface area contributed by atoms with E-state index in [2.05, 4.69) is 32.7 Å². The largest absolute Gasteiger partial charge is 0.445 e. The van der Waals surface area contributed by atoms with Crippen LogP contribution < -0.4 is 0 Å². The molecular weight excluding hydrogens is 162 g/mol. The number of aromatic nitrogens is 1. The van der Waals surface area contributed by atoms with E-state index >= 15 is 0 Å². The minimum atomic E-state index is 0.0580. The molecule has 0 aromatic carbocycles. The molecule has 0 unspecified atom stereocenters. The molecule has 0 saturated heterocycles. The molecule has 1 aromatic rings. The molecule has 0 radical (unpaired) electrons. The van der Waals surface area contributed by atoms with Gasteiger partial charge >= 0.3 is 0 Å². The van der Waals surface area contributed by atoms with Gasteiger partial charge < -0.3 is 4.42 Å². The van der Waals surface area contributed by atoms with Gasteiger partial charge in [0.1, 0.15) is 5.76 Å². The topological polar surface area (TPSA) is 26.0 Å². The van der Waals surface area contributed by atoms with Gasteiger partial charge in [0.05, 0.1) is 6.20 Å². The number of nitrogens with zero attached hydrogens (tertiary/aromatic N) is 1. The number of hydrogen-bond acceptors (Lipinski definition) is 2. The van der Waals surface area contributed by atoms with E-state index in [9.17, 15) is 0 Å². The van der Waals surface area contributed by atoms with Gasteiger partial charge in [-0.25, -0.2) is 4.98 Å². The highest BCUT2D eigenvalue weighted by molar-refractivity contribution is 5.03. The fourth-order valence-corrected chi connectivity index (χ4v) is 1.78. The normalized spacial score (nSPS) is 12.5. The molecule has 0 N–H and O–H groups in total. The van der Waals surface area contributed by atoms with Gasteiger partial charge in [0.2, 0.25) is 0 Å². The molecule has 0 amide bonds. The molecule has 1 aromatic heterocycles. The molecule has 0 spiro atoms. The lowest BCUT2D eigenvalue weighted by atomic mass is 9.84. The van der Waals surface area contributed by atoms with Crippen LogP contribution in [0.3, 0.4) is 0 Å². The molecule has 0 bridgehead atoms. The molecule has 2 nitrogen and oxygen atoms in total. The fraction of sp³-hybridized carbons (Fsp3) is 0.727. The molecule has 1 rings (SSSR count). The van der Waals surface area contributed by atoms with Crippen molar-refractivity contribution in [3.05, 3.63) is 17.8 Å². The predicted octanol–water partition coefficient (Wildman–Crippen LogP) is 3.31. The Bertz CT molecular complexity index is 273. The Kier molecular flexibility index (Phi) is 2.79. The maximum atomic E-state index is 5.54. The van der Waals surface area contributed by atoms with Crippen LogP contribution in [0.5, 0.6) is 0 Å². The Labute approximate surface area is 80.4 Å². The smallest absolute Gasteiger partial charge is 0.199 e. The lowest BCUT2D eigenvalue weighted by Gasteiger charge is -2.22. The van der Waals surface area contributed by atoms with E-state index in [0.717, 1.165) is 18.1 Å². The first-order valence-electron chi connectivity index (χ1n) is 4.85. The minimum Gasteiger partial charge on any atom is -0.445 e. The summed E-state index contributed by atoms with van der Waals surface area (Å²) < 4.78 is 5.54. The van der Waals surface area contributed by atoms with Crippen molar-refractivity contribution in [2.24, 2.45) is 5.92 Å². The summed E-state index contributed by atoms with van der Waals surface area (Å²) in [5.74, 6) is 2.42. The molecule has 2 heteroatoms. The quantitative estimate of drug-likeness (QED) is 0.715. The number of aryl methyl sites for hydroxylation is 1. The van der Waals surface area contributed by atoms with Crippen molar-refractivity contribution < 1.29 is 4.42 Å².